The van der Waals surface area contributed by atoms with Gasteiger partial charge in [0.25, 0.3) is 0 Å². The molecule has 0 unspecified atom stereocenters. The van der Waals surface area contributed by atoms with Crippen molar-refractivity contribution in [3.05, 3.63) is 29.8 Å². The maximum atomic E-state index is 12.7. The Morgan fingerprint density at radius 1 is 1.35 bits per heavy atom. The van der Waals surface area contributed by atoms with Crippen LogP contribution in [0.25, 0.3) is 0 Å². The molecular formula is C18H26N2O3. The molecule has 126 valence electrons. The maximum Gasteiger partial charge on any atom is 0.246 e. The van der Waals surface area contributed by atoms with Crippen molar-refractivity contribution in [1.29, 1.82) is 0 Å². The molecule has 2 rings (SSSR count). The van der Waals surface area contributed by atoms with Crippen LogP contribution in [0.2, 0.25) is 0 Å². The third-order valence-corrected chi connectivity index (χ3v) is 4.31. The van der Waals surface area contributed by atoms with Gasteiger partial charge in [-0.2, -0.15) is 0 Å². The van der Waals surface area contributed by atoms with E-state index in [0.29, 0.717) is 32.6 Å². The van der Waals surface area contributed by atoms with Crippen LogP contribution in [0.3, 0.4) is 0 Å². The van der Waals surface area contributed by atoms with Crippen molar-refractivity contribution >= 4 is 17.5 Å². The highest BCUT2D eigenvalue weighted by atomic mass is 16.5. The molecule has 1 aromatic rings. The predicted octanol–water partition coefficient (Wildman–Crippen LogP) is 2.42. The van der Waals surface area contributed by atoms with Gasteiger partial charge in [-0.15, -0.1) is 0 Å². The summed E-state index contributed by atoms with van der Waals surface area (Å²) < 4.78 is 5.27. The number of ether oxygens (including phenoxy) is 1. The van der Waals surface area contributed by atoms with E-state index in [4.69, 9.17) is 4.74 Å². The molecule has 1 fully saturated rings. The summed E-state index contributed by atoms with van der Waals surface area (Å²) in [6.45, 7) is 7.67. The van der Waals surface area contributed by atoms with Gasteiger partial charge in [-0.25, -0.2) is 0 Å². The van der Waals surface area contributed by atoms with E-state index in [-0.39, 0.29) is 11.8 Å². The predicted molar refractivity (Wildman–Crippen MR) is 90.4 cm³/mol. The normalized spacial score (nSPS) is 20.8. The van der Waals surface area contributed by atoms with Gasteiger partial charge in [0.2, 0.25) is 11.8 Å². The molecule has 1 aromatic carbocycles. The second-order valence-corrected chi connectivity index (χ2v) is 6.14. The van der Waals surface area contributed by atoms with E-state index < -0.39 is 5.54 Å². The zero-order chi connectivity index (χ0) is 16.9. The minimum atomic E-state index is -0.821. The Balaban J connectivity index is 2.06. The molecule has 5 nitrogen and oxygen atoms in total. The SMILES string of the molecule is CCOCCCNC(=O)[C@@]1(C)CCC(=O)N1c1ccc(C)cc1. The Morgan fingerprint density at radius 2 is 2.04 bits per heavy atom. The van der Waals surface area contributed by atoms with Gasteiger partial charge in [-0.1, -0.05) is 17.7 Å². The van der Waals surface area contributed by atoms with E-state index in [2.05, 4.69) is 5.32 Å². The second-order valence-electron chi connectivity index (χ2n) is 6.14. The van der Waals surface area contributed by atoms with Crippen molar-refractivity contribution in [3.8, 4) is 0 Å². The van der Waals surface area contributed by atoms with E-state index in [0.717, 1.165) is 17.7 Å². The number of hydrogen-bond acceptors (Lipinski definition) is 3. The van der Waals surface area contributed by atoms with Crippen molar-refractivity contribution in [2.24, 2.45) is 0 Å². The number of anilines is 1. The highest BCUT2D eigenvalue weighted by molar-refractivity contribution is 6.06. The smallest absolute Gasteiger partial charge is 0.246 e. The standard InChI is InChI=1S/C18H26N2O3/c1-4-23-13-5-12-19-17(22)18(3)11-10-16(21)20(18)15-8-6-14(2)7-9-15/h6-9H,4-5,10-13H2,1-3H3,(H,19,22)/t18-/m1/s1. The van der Waals surface area contributed by atoms with Crippen LogP contribution in [0.4, 0.5) is 5.69 Å². The molecule has 5 heteroatoms. The average Bonchev–Trinajstić information content (AvgIpc) is 2.84. The first-order valence-electron chi connectivity index (χ1n) is 8.25. The second kappa shape index (κ2) is 7.59. The monoisotopic (exact) mass is 318 g/mol. The van der Waals surface area contributed by atoms with Crippen LogP contribution < -0.4 is 10.2 Å². The molecule has 1 aliphatic heterocycles. The minimum absolute atomic E-state index is 0.000759. The van der Waals surface area contributed by atoms with Gasteiger partial charge in [0.05, 0.1) is 0 Å². The molecule has 2 amide bonds. The van der Waals surface area contributed by atoms with Crippen LogP contribution in [0, 0.1) is 6.92 Å². The molecule has 1 aliphatic rings. The number of benzene rings is 1. The number of nitrogens with one attached hydrogen (secondary N) is 1. The lowest BCUT2D eigenvalue weighted by Gasteiger charge is -2.34. The lowest BCUT2D eigenvalue weighted by atomic mass is 9.97. The number of carbonyl (C=O) groups excluding carboxylic acids is 2. The number of rotatable bonds is 7. The summed E-state index contributed by atoms with van der Waals surface area (Å²) >= 11 is 0. The largest absolute Gasteiger partial charge is 0.382 e. The van der Waals surface area contributed by atoms with Crippen molar-refractivity contribution in [2.45, 2.75) is 45.6 Å². The quantitative estimate of drug-likeness (QED) is 0.786. The van der Waals surface area contributed by atoms with Crippen molar-refractivity contribution in [2.75, 3.05) is 24.7 Å². The fourth-order valence-electron chi connectivity index (χ4n) is 2.90. The number of nitrogens with zero attached hydrogens (tertiary/aromatic N) is 1. The summed E-state index contributed by atoms with van der Waals surface area (Å²) in [6.07, 6.45) is 1.71. The first-order chi connectivity index (χ1) is 11.0. The van der Waals surface area contributed by atoms with Crippen molar-refractivity contribution in [1.82, 2.24) is 5.32 Å². The van der Waals surface area contributed by atoms with Crippen molar-refractivity contribution < 1.29 is 14.3 Å². The van der Waals surface area contributed by atoms with Crippen LogP contribution in [0.5, 0.6) is 0 Å². The van der Waals surface area contributed by atoms with Crippen molar-refractivity contribution in [3.63, 3.8) is 0 Å². The molecule has 23 heavy (non-hydrogen) atoms. The van der Waals surface area contributed by atoms with E-state index in [9.17, 15) is 9.59 Å². The van der Waals surface area contributed by atoms with Gasteiger partial charge < -0.3 is 10.1 Å². The first-order valence-corrected chi connectivity index (χ1v) is 8.25. The van der Waals surface area contributed by atoms with Gasteiger partial charge in [0.15, 0.2) is 0 Å². The Hall–Kier alpha value is -1.88. The Kier molecular flexibility index (Phi) is 5.77. The molecule has 1 N–H and O–H groups in total. The van der Waals surface area contributed by atoms with Gasteiger partial charge in [-0.05, 0) is 45.7 Å². The van der Waals surface area contributed by atoms with Gasteiger partial charge in [0, 0.05) is 31.9 Å². The molecule has 1 heterocycles. The zero-order valence-corrected chi connectivity index (χ0v) is 14.2. The third kappa shape index (κ3) is 3.91. The first kappa shape index (κ1) is 17.5. The number of aryl methyl sites for hydroxylation is 1. The summed E-state index contributed by atoms with van der Waals surface area (Å²) in [5, 5.41) is 2.94. The third-order valence-electron chi connectivity index (χ3n) is 4.31. The van der Waals surface area contributed by atoms with Gasteiger partial charge >= 0.3 is 0 Å². The summed E-state index contributed by atoms with van der Waals surface area (Å²) in [7, 11) is 0. The molecular weight excluding hydrogens is 292 g/mol. The molecule has 1 atom stereocenters. The molecule has 1 saturated heterocycles. The summed E-state index contributed by atoms with van der Waals surface area (Å²) in [6, 6.07) is 7.72. The fraction of sp³-hybridized carbons (Fsp3) is 0.556. The lowest BCUT2D eigenvalue weighted by molar-refractivity contribution is -0.127. The van der Waals surface area contributed by atoms with Crippen LogP contribution in [0.15, 0.2) is 24.3 Å². The van der Waals surface area contributed by atoms with E-state index in [1.807, 2.05) is 45.0 Å². The van der Waals surface area contributed by atoms with Gasteiger partial charge in [-0.3, -0.25) is 14.5 Å². The van der Waals surface area contributed by atoms with E-state index in [1.165, 1.54) is 0 Å². The highest BCUT2D eigenvalue weighted by Gasteiger charge is 2.47. The Bertz CT molecular complexity index is 556. The van der Waals surface area contributed by atoms with Crippen LogP contribution in [0.1, 0.15) is 38.7 Å². The van der Waals surface area contributed by atoms with Gasteiger partial charge in [0.1, 0.15) is 5.54 Å². The molecule has 0 aromatic heterocycles. The molecule has 0 bridgehead atoms. The lowest BCUT2D eigenvalue weighted by Crippen LogP contribution is -2.55. The van der Waals surface area contributed by atoms with Crippen LogP contribution in [-0.4, -0.2) is 37.1 Å². The van der Waals surface area contributed by atoms with Crippen LogP contribution >= 0.6 is 0 Å². The van der Waals surface area contributed by atoms with E-state index in [1.54, 1.807) is 4.90 Å². The highest BCUT2D eigenvalue weighted by Crippen LogP contribution is 2.35. The Morgan fingerprint density at radius 3 is 2.70 bits per heavy atom. The fourth-order valence-corrected chi connectivity index (χ4v) is 2.90. The minimum Gasteiger partial charge on any atom is -0.382 e. The maximum absolute atomic E-state index is 12.7. The molecule has 0 saturated carbocycles. The summed E-state index contributed by atoms with van der Waals surface area (Å²) in [5.41, 5.74) is 1.09. The zero-order valence-electron chi connectivity index (χ0n) is 14.2. The average molecular weight is 318 g/mol. The molecule has 0 radical (unpaired) electrons. The molecule has 0 aliphatic carbocycles. The molecule has 0 spiro atoms. The van der Waals surface area contributed by atoms with E-state index >= 15 is 0 Å². The summed E-state index contributed by atoms with van der Waals surface area (Å²) in [4.78, 5) is 26.6. The summed E-state index contributed by atoms with van der Waals surface area (Å²) in [5.74, 6) is -0.0961. The number of carbonyl (C=O) groups is 2. The Labute approximate surface area is 138 Å². The topological polar surface area (TPSA) is 58.6 Å². The number of hydrogen-bond donors (Lipinski definition) is 1. The number of amides is 2. The van der Waals surface area contributed by atoms with Crippen LogP contribution in [-0.2, 0) is 14.3 Å².